The van der Waals surface area contributed by atoms with Crippen LogP contribution in [0.15, 0.2) is 11.1 Å². The van der Waals surface area contributed by atoms with Crippen LogP contribution in [-0.2, 0) is 17.1 Å². The maximum atomic E-state index is 5.21. The van der Waals surface area contributed by atoms with Crippen LogP contribution in [0, 0.1) is 13.2 Å². The van der Waals surface area contributed by atoms with Crippen LogP contribution in [0.25, 0.3) is 0 Å². The van der Waals surface area contributed by atoms with Crippen molar-refractivity contribution in [2.45, 2.75) is 40.5 Å². The molecule has 0 spiro atoms. The summed E-state index contributed by atoms with van der Waals surface area (Å²) in [6.07, 6.45) is 2.00. The Kier molecular flexibility index (Phi) is 33.7. The van der Waals surface area contributed by atoms with Crippen LogP contribution in [0.2, 0.25) is 0 Å². The number of hydrogen-bond donors (Lipinski definition) is 0. The van der Waals surface area contributed by atoms with E-state index < -0.39 is 0 Å². The summed E-state index contributed by atoms with van der Waals surface area (Å²) in [5.74, 6) is 0. The molecule has 70 valence electrons. The Bertz CT molecular complexity index is 94.4. The van der Waals surface area contributed by atoms with Crippen LogP contribution < -0.4 is 18.9 Å². The number of allylic oxidation sites excluding steroid dienone is 2. The summed E-state index contributed by atoms with van der Waals surface area (Å²) in [6, 6.07) is 0. The van der Waals surface area contributed by atoms with Gasteiger partial charge in [-0.25, -0.2) is 0 Å². The molecule has 0 aromatic rings. The molecule has 0 amide bonds. The topological polar surface area (TPSA) is 0 Å². The molecular weight excluding hydrogens is 191 g/mol. The minimum Gasteiger partial charge on any atom is -0.515 e. The van der Waals surface area contributed by atoms with Crippen LogP contribution in [-0.4, -0.2) is 0 Å². The average Bonchev–Trinajstić information content (AvgIpc) is 1.89. The normalized spacial score (nSPS) is 6.33. The van der Waals surface area contributed by atoms with E-state index in [0.717, 1.165) is 24.0 Å². The van der Waals surface area contributed by atoms with Gasteiger partial charge in [0.2, 0.25) is 0 Å². The second-order valence-corrected chi connectivity index (χ2v) is 2.40. The van der Waals surface area contributed by atoms with Gasteiger partial charge < -0.3 is 13.2 Å². The molecule has 0 unspecified atom stereocenters. The van der Waals surface area contributed by atoms with Crippen molar-refractivity contribution in [3.05, 3.63) is 24.3 Å². The summed E-state index contributed by atoms with van der Waals surface area (Å²) in [5, 5.41) is 0. The third-order valence-electron chi connectivity index (χ3n) is 1.12. The fourth-order valence-electron chi connectivity index (χ4n) is 0. The Balaban J connectivity index is -0.0000000457. The second-order valence-electron chi connectivity index (χ2n) is 2.40. The molecule has 12 heavy (non-hydrogen) atoms. The van der Waals surface area contributed by atoms with Crippen LogP contribution in [0.4, 0.5) is 0 Å². The Labute approximate surface area is 101 Å². The van der Waals surface area contributed by atoms with Gasteiger partial charge in [0.25, 0.3) is 0 Å². The quantitative estimate of drug-likeness (QED) is 0.460. The Morgan fingerprint density at radius 1 is 0.917 bits per heavy atom. The molecule has 0 N–H and O–H groups in total. The van der Waals surface area contributed by atoms with Crippen LogP contribution in [0.5, 0.6) is 0 Å². The first-order valence-corrected chi connectivity index (χ1v) is 3.70. The molecule has 0 aliphatic heterocycles. The Morgan fingerprint density at radius 2 is 1.00 bits per heavy atom. The van der Waals surface area contributed by atoms with E-state index in [-0.39, 0.29) is 35.9 Å². The van der Waals surface area contributed by atoms with E-state index in [4.69, 9.17) is 13.2 Å². The van der Waals surface area contributed by atoms with Gasteiger partial charge in [-0.2, -0.15) is 0 Å². The van der Waals surface area contributed by atoms with Gasteiger partial charge in [0, 0.05) is 0 Å². The fraction of sp³-hybridized carbons (Fsp3) is 0.600. The smallest absolute Gasteiger partial charge is 0.515 e. The molecule has 0 radical (unpaired) electrons. The first-order chi connectivity index (χ1) is 4.54. The summed E-state index contributed by atoms with van der Waals surface area (Å²) >= 11 is 0. The molecule has 0 atom stereocenters. The molecule has 2 heteroatoms. The van der Waals surface area contributed by atoms with Crippen molar-refractivity contribution in [3.63, 3.8) is 0 Å². The minimum absolute atomic E-state index is 0. The molecule has 0 aromatic carbocycles. The monoisotopic (exact) mass is 208 g/mol. The van der Waals surface area contributed by atoms with Gasteiger partial charge in [0.15, 0.2) is 0 Å². The van der Waals surface area contributed by atoms with Gasteiger partial charge in [0.05, 0.1) is 0 Å². The predicted octanol–water partition coefficient (Wildman–Crippen LogP) is 0.553. The van der Waals surface area contributed by atoms with E-state index in [2.05, 4.69) is 0 Å². The van der Waals surface area contributed by atoms with E-state index in [0.29, 0.717) is 0 Å². The third-order valence-corrected chi connectivity index (χ3v) is 1.12. The molecule has 0 aliphatic rings. The van der Waals surface area contributed by atoms with Crippen molar-refractivity contribution in [2.24, 2.45) is 0 Å². The van der Waals surface area contributed by atoms with Crippen LogP contribution in [0.1, 0.15) is 40.5 Å². The van der Waals surface area contributed by atoms with E-state index in [9.17, 15) is 0 Å². The van der Waals surface area contributed by atoms with Gasteiger partial charge in [-0.15, -0.1) is 0 Å². The standard InChI is InChI=1S/2C5H9.Cu.Li/c2*1-4-5(2)3;;/h2*2H,4H2,1,3H3;;/q2*-1;2*+1. The number of hydrogen-bond acceptors (Lipinski definition) is 0. The summed E-state index contributed by atoms with van der Waals surface area (Å²) in [5.41, 5.74) is 2.01. The fourth-order valence-corrected chi connectivity index (χ4v) is 0. The Morgan fingerprint density at radius 3 is 1.00 bits per heavy atom. The van der Waals surface area contributed by atoms with Crippen molar-refractivity contribution in [1.82, 2.24) is 0 Å². The van der Waals surface area contributed by atoms with Crippen molar-refractivity contribution < 1.29 is 35.9 Å². The first kappa shape index (κ1) is 22.9. The summed E-state index contributed by atoms with van der Waals surface area (Å²) < 4.78 is 0. The maximum Gasteiger partial charge on any atom is 1.00 e. The molecule has 0 fully saturated rings. The molecule has 0 saturated carbocycles. The van der Waals surface area contributed by atoms with E-state index in [1.54, 1.807) is 0 Å². The van der Waals surface area contributed by atoms with E-state index in [1.807, 2.05) is 27.7 Å². The molecule has 0 bridgehead atoms. The zero-order valence-electron chi connectivity index (χ0n) is 8.87. The van der Waals surface area contributed by atoms with Crippen molar-refractivity contribution >= 4 is 0 Å². The molecule has 0 rings (SSSR count). The number of rotatable bonds is 2. The van der Waals surface area contributed by atoms with Crippen molar-refractivity contribution in [1.29, 1.82) is 0 Å². The first-order valence-electron chi connectivity index (χ1n) is 3.70. The van der Waals surface area contributed by atoms with Gasteiger partial charge >= 0.3 is 35.9 Å². The molecule has 0 aromatic heterocycles. The van der Waals surface area contributed by atoms with Gasteiger partial charge in [0.1, 0.15) is 0 Å². The molecule has 0 heterocycles. The van der Waals surface area contributed by atoms with E-state index in [1.165, 1.54) is 0 Å². The SMILES string of the molecule is [CH-]=C(C)CC.[CH-]=C(C)CC.[Cu+].[Li+]. The molecular formula is C10H18CuLi. The summed E-state index contributed by atoms with van der Waals surface area (Å²) in [6.45, 7) is 18.3. The minimum atomic E-state index is 0. The van der Waals surface area contributed by atoms with Crippen LogP contribution >= 0.6 is 0 Å². The zero-order chi connectivity index (χ0) is 8.57. The maximum absolute atomic E-state index is 5.21. The van der Waals surface area contributed by atoms with Crippen LogP contribution in [0.3, 0.4) is 0 Å². The van der Waals surface area contributed by atoms with Gasteiger partial charge in [-0.1, -0.05) is 40.5 Å². The van der Waals surface area contributed by atoms with Gasteiger partial charge in [-0.05, 0) is 0 Å². The zero-order valence-corrected chi connectivity index (χ0v) is 9.81. The summed E-state index contributed by atoms with van der Waals surface area (Å²) in [7, 11) is 0. The summed E-state index contributed by atoms with van der Waals surface area (Å²) in [4.78, 5) is 0. The molecule has 0 aliphatic carbocycles. The Hall–Kier alpha value is 0.597. The third kappa shape index (κ3) is 46.2. The molecule has 0 nitrogen and oxygen atoms in total. The van der Waals surface area contributed by atoms with Crippen molar-refractivity contribution in [3.8, 4) is 0 Å². The van der Waals surface area contributed by atoms with E-state index >= 15 is 0 Å². The largest absolute Gasteiger partial charge is 1.00 e. The predicted molar refractivity (Wildman–Crippen MR) is 47.6 cm³/mol. The van der Waals surface area contributed by atoms with Crippen molar-refractivity contribution in [2.75, 3.05) is 0 Å². The average molecular weight is 209 g/mol. The molecule has 0 saturated heterocycles. The second kappa shape index (κ2) is 17.6. The van der Waals surface area contributed by atoms with Gasteiger partial charge in [-0.3, -0.25) is 11.1 Å².